The first-order chi connectivity index (χ1) is 7.72. The van der Waals surface area contributed by atoms with Crippen molar-refractivity contribution in [3.63, 3.8) is 0 Å². The molecule has 1 aliphatic carbocycles. The summed E-state index contributed by atoms with van der Waals surface area (Å²) in [5.74, 6) is -0.222. The number of rotatable bonds is 0. The van der Waals surface area contributed by atoms with Crippen molar-refractivity contribution in [3.8, 4) is 0 Å². The number of hydrogen-bond acceptors (Lipinski definition) is 1. The van der Waals surface area contributed by atoms with Crippen LogP contribution in [0.25, 0.3) is 0 Å². The van der Waals surface area contributed by atoms with Crippen LogP contribution in [-0.4, -0.2) is 5.91 Å². The number of carbonyl (C=O) groups is 1. The summed E-state index contributed by atoms with van der Waals surface area (Å²) in [6.45, 7) is 0. The second kappa shape index (κ2) is 3.30. The van der Waals surface area contributed by atoms with Gasteiger partial charge in [0.25, 0.3) is 0 Å². The Morgan fingerprint density at radius 1 is 1.19 bits per heavy atom. The largest absolute Gasteiger partial charge is 0.325 e. The minimum atomic E-state index is -0.360. The topological polar surface area (TPSA) is 29.1 Å². The molecule has 0 bridgehead atoms. The zero-order valence-electron chi connectivity index (χ0n) is 9.05. The molecule has 1 saturated carbocycles. The van der Waals surface area contributed by atoms with Gasteiger partial charge in [-0.15, -0.1) is 0 Å². The number of hydrogen-bond donors (Lipinski definition) is 1. The highest BCUT2D eigenvalue weighted by Crippen LogP contribution is 2.47. The first-order valence-electron chi connectivity index (χ1n) is 5.84. The molecule has 3 rings (SSSR count). The van der Waals surface area contributed by atoms with E-state index in [2.05, 4.69) is 5.32 Å². The number of anilines is 1. The van der Waals surface area contributed by atoms with Crippen LogP contribution >= 0.6 is 0 Å². The lowest BCUT2D eigenvalue weighted by molar-refractivity contribution is -0.121. The van der Waals surface area contributed by atoms with Crippen LogP contribution in [0.15, 0.2) is 18.2 Å². The van der Waals surface area contributed by atoms with Crippen LogP contribution in [0.5, 0.6) is 0 Å². The van der Waals surface area contributed by atoms with Crippen LogP contribution in [0, 0.1) is 5.82 Å². The van der Waals surface area contributed by atoms with Crippen molar-refractivity contribution in [3.05, 3.63) is 29.6 Å². The molecule has 2 nitrogen and oxygen atoms in total. The van der Waals surface area contributed by atoms with Gasteiger partial charge in [0, 0.05) is 5.69 Å². The minimum absolute atomic E-state index is 0.0628. The predicted octanol–water partition coefficient (Wildman–Crippen LogP) is 2.98. The fourth-order valence-electron chi connectivity index (χ4n) is 3.05. The lowest BCUT2D eigenvalue weighted by Gasteiger charge is -2.31. The molecule has 1 aromatic carbocycles. The van der Waals surface area contributed by atoms with Gasteiger partial charge in [-0.2, -0.15) is 0 Å². The quantitative estimate of drug-likeness (QED) is 0.714. The lowest BCUT2D eigenvalue weighted by atomic mass is 9.70. The van der Waals surface area contributed by atoms with Crippen LogP contribution < -0.4 is 5.32 Å². The summed E-state index contributed by atoms with van der Waals surface area (Å²) in [4.78, 5) is 12.1. The van der Waals surface area contributed by atoms with E-state index in [1.165, 1.54) is 18.6 Å². The fraction of sp³-hybridized carbons (Fsp3) is 0.462. The second-order valence-electron chi connectivity index (χ2n) is 4.79. The van der Waals surface area contributed by atoms with Gasteiger partial charge in [0.1, 0.15) is 5.82 Å². The third-order valence-corrected chi connectivity index (χ3v) is 3.89. The van der Waals surface area contributed by atoms with Gasteiger partial charge < -0.3 is 5.32 Å². The molecule has 0 saturated heterocycles. The highest BCUT2D eigenvalue weighted by atomic mass is 19.1. The van der Waals surface area contributed by atoms with Gasteiger partial charge >= 0.3 is 0 Å². The Morgan fingerprint density at radius 3 is 2.69 bits per heavy atom. The second-order valence-corrected chi connectivity index (χ2v) is 4.79. The Balaban J connectivity index is 2.11. The van der Waals surface area contributed by atoms with Gasteiger partial charge in [0.2, 0.25) is 5.91 Å². The number of halogens is 1. The van der Waals surface area contributed by atoms with Crippen molar-refractivity contribution in [1.82, 2.24) is 0 Å². The van der Waals surface area contributed by atoms with Crippen molar-refractivity contribution in [2.45, 2.75) is 37.5 Å². The molecule has 84 valence electrons. The summed E-state index contributed by atoms with van der Waals surface area (Å²) in [6.07, 6.45) is 5.18. The molecule has 1 fully saturated rings. The van der Waals surface area contributed by atoms with Crippen molar-refractivity contribution in [1.29, 1.82) is 0 Å². The molecule has 3 heteroatoms. The molecule has 1 amide bonds. The molecule has 0 atom stereocenters. The highest BCUT2D eigenvalue weighted by Gasteiger charge is 2.46. The first kappa shape index (κ1) is 9.82. The van der Waals surface area contributed by atoms with Crippen LogP contribution in [0.1, 0.15) is 37.7 Å². The summed E-state index contributed by atoms with van der Waals surface area (Å²) >= 11 is 0. The summed E-state index contributed by atoms with van der Waals surface area (Å²) < 4.78 is 13.1. The number of amides is 1. The molecule has 16 heavy (non-hydrogen) atoms. The Labute approximate surface area is 93.9 Å². The SMILES string of the molecule is O=C1Nc2cc(F)ccc2C12CCCCC2. The van der Waals surface area contributed by atoms with Crippen LogP contribution in [0.4, 0.5) is 10.1 Å². The minimum Gasteiger partial charge on any atom is -0.325 e. The van der Waals surface area contributed by atoms with E-state index >= 15 is 0 Å². The summed E-state index contributed by atoms with van der Waals surface area (Å²) in [6, 6.07) is 4.65. The molecule has 1 spiro atoms. The van der Waals surface area contributed by atoms with Crippen molar-refractivity contribution in [2.24, 2.45) is 0 Å². The fourth-order valence-corrected chi connectivity index (χ4v) is 3.05. The Morgan fingerprint density at radius 2 is 1.94 bits per heavy atom. The van der Waals surface area contributed by atoms with E-state index in [0.29, 0.717) is 5.69 Å². The summed E-state index contributed by atoms with van der Waals surface area (Å²) in [5.41, 5.74) is 1.31. The van der Waals surface area contributed by atoms with Crippen molar-refractivity contribution >= 4 is 11.6 Å². The maximum atomic E-state index is 13.1. The van der Waals surface area contributed by atoms with Gasteiger partial charge in [-0.3, -0.25) is 4.79 Å². The lowest BCUT2D eigenvalue weighted by Crippen LogP contribution is -2.36. The van der Waals surface area contributed by atoms with Crippen LogP contribution in [0.2, 0.25) is 0 Å². The smallest absolute Gasteiger partial charge is 0.235 e. The molecule has 0 radical (unpaired) electrons. The van der Waals surface area contributed by atoms with Crippen molar-refractivity contribution < 1.29 is 9.18 Å². The molecule has 1 heterocycles. The normalized spacial score (nSPS) is 21.9. The van der Waals surface area contributed by atoms with E-state index in [9.17, 15) is 9.18 Å². The van der Waals surface area contributed by atoms with E-state index in [4.69, 9.17) is 0 Å². The Kier molecular flexibility index (Phi) is 2.03. The van der Waals surface area contributed by atoms with Gasteiger partial charge in [-0.05, 0) is 30.5 Å². The third-order valence-electron chi connectivity index (χ3n) is 3.89. The molecular formula is C13H14FNO. The summed E-state index contributed by atoms with van der Waals surface area (Å²) in [7, 11) is 0. The molecular weight excluding hydrogens is 205 g/mol. The average Bonchev–Trinajstić information content (AvgIpc) is 2.53. The predicted molar refractivity (Wildman–Crippen MR) is 59.8 cm³/mol. The van der Waals surface area contributed by atoms with E-state index in [-0.39, 0.29) is 17.1 Å². The number of benzene rings is 1. The van der Waals surface area contributed by atoms with Crippen molar-refractivity contribution in [2.75, 3.05) is 5.32 Å². The van der Waals surface area contributed by atoms with Gasteiger partial charge in [-0.1, -0.05) is 25.3 Å². The standard InChI is InChI=1S/C13H14FNO/c14-9-4-5-10-11(8-9)15-12(16)13(10)6-2-1-3-7-13/h4-5,8H,1-3,6-7H2,(H,15,16). The van der Waals surface area contributed by atoms with Gasteiger partial charge in [0.15, 0.2) is 0 Å². The Hall–Kier alpha value is -1.38. The van der Waals surface area contributed by atoms with E-state index in [1.807, 2.05) is 0 Å². The van der Waals surface area contributed by atoms with Gasteiger partial charge in [0.05, 0.1) is 5.41 Å². The first-order valence-corrected chi connectivity index (χ1v) is 5.84. The zero-order valence-corrected chi connectivity index (χ0v) is 9.05. The Bertz CT molecular complexity index is 449. The molecule has 0 aromatic heterocycles. The molecule has 0 unspecified atom stereocenters. The number of fused-ring (bicyclic) bond motifs is 2. The number of carbonyl (C=O) groups excluding carboxylic acids is 1. The highest BCUT2D eigenvalue weighted by molar-refractivity contribution is 6.06. The number of nitrogens with one attached hydrogen (secondary N) is 1. The van der Waals surface area contributed by atoms with E-state index in [1.54, 1.807) is 6.07 Å². The van der Waals surface area contributed by atoms with Gasteiger partial charge in [-0.25, -0.2) is 4.39 Å². The average molecular weight is 219 g/mol. The summed E-state index contributed by atoms with van der Waals surface area (Å²) in [5, 5.41) is 2.82. The molecule has 2 aliphatic rings. The maximum absolute atomic E-state index is 13.1. The molecule has 1 aromatic rings. The molecule has 1 aliphatic heterocycles. The molecule has 1 N–H and O–H groups in total. The van der Waals surface area contributed by atoms with Crippen LogP contribution in [0.3, 0.4) is 0 Å². The van der Waals surface area contributed by atoms with E-state index < -0.39 is 0 Å². The monoisotopic (exact) mass is 219 g/mol. The zero-order chi connectivity index (χ0) is 11.2. The maximum Gasteiger partial charge on any atom is 0.235 e. The van der Waals surface area contributed by atoms with Crippen LogP contribution in [-0.2, 0) is 10.2 Å². The third kappa shape index (κ3) is 1.20. The van der Waals surface area contributed by atoms with E-state index in [0.717, 1.165) is 31.2 Å².